The maximum atomic E-state index is 13.7. The number of aryl methyl sites for hydroxylation is 1. The number of hydrogen-bond donors (Lipinski definition) is 0. The molecule has 0 unspecified atom stereocenters. The first-order valence-corrected chi connectivity index (χ1v) is 13.8. The van der Waals surface area contributed by atoms with Gasteiger partial charge in [-0.25, -0.2) is 4.99 Å². The van der Waals surface area contributed by atoms with Gasteiger partial charge in [0.15, 0.2) is 16.7 Å². The lowest BCUT2D eigenvalue weighted by molar-refractivity contribution is -0.113. The monoisotopic (exact) mass is 546 g/mol. The van der Waals surface area contributed by atoms with Gasteiger partial charge in [-0.2, -0.15) is 0 Å². The number of methoxy groups -OCH3 is 1. The van der Waals surface area contributed by atoms with E-state index in [1.165, 1.54) is 17.3 Å². The van der Waals surface area contributed by atoms with E-state index in [1.54, 1.807) is 12.0 Å². The van der Waals surface area contributed by atoms with Gasteiger partial charge < -0.3 is 9.47 Å². The molecule has 4 aromatic carbocycles. The maximum absolute atomic E-state index is 13.7. The Balaban J connectivity index is 1.50. The Morgan fingerprint density at radius 1 is 0.950 bits per heavy atom. The average molecular weight is 547 g/mol. The summed E-state index contributed by atoms with van der Waals surface area (Å²) in [5.74, 6) is 1.15. The summed E-state index contributed by atoms with van der Waals surface area (Å²) in [5, 5.41) is 0.602. The lowest BCUT2D eigenvalue weighted by Crippen LogP contribution is -2.28. The molecule has 1 heterocycles. The van der Waals surface area contributed by atoms with E-state index in [1.807, 2.05) is 84.9 Å². The normalized spacial score (nSPS) is 15.1. The van der Waals surface area contributed by atoms with Crippen molar-refractivity contribution in [2.24, 2.45) is 4.99 Å². The van der Waals surface area contributed by atoms with E-state index in [2.05, 4.69) is 37.8 Å². The van der Waals surface area contributed by atoms with Crippen molar-refractivity contribution in [3.8, 4) is 11.5 Å². The number of carbonyl (C=O) groups is 1. The molecule has 6 heteroatoms. The van der Waals surface area contributed by atoms with Crippen LogP contribution in [0.4, 0.5) is 11.4 Å². The number of anilines is 1. The van der Waals surface area contributed by atoms with Gasteiger partial charge in [0.1, 0.15) is 6.61 Å². The lowest BCUT2D eigenvalue weighted by atomic mass is 10.0. The van der Waals surface area contributed by atoms with E-state index in [-0.39, 0.29) is 5.91 Å². The Morgan fingerprint density at radius 2 is 1.65 bits per heavy atom. The van der Waals surface area contributed by atoms with Gasteiger partial charge in [-0.15, -0.1) is 6.58 Å². The molecule has 0 radical (unpaired) electrons. The molecule has 0 spiro atoms. The first-order chi connectivity index (χ1) is 19.6. The number of carbonyl (C=O) groups excluding carboxylic acids is 1. The molecule has 0 atom stereocenters. The molecule has 200 valence electrons. The van der Waals surface area contributed by atoms with E-state index < -0.39 is 0 Å². The zero-order valence-electron chi connectivity index (χ0n) is 22.5. The Kier molecular flexibility index (Phi) is 8.47. The average Bonchev–Trinajstić information content (AvgIpc) is 3.28. The quantitative estimate of drug-likeness (QED) is 0.157. The second-order valence-corrected chi connectivity index (χ2v) is 10.3. The molecule has 1 amide bonds. The minimum atomic E-state index is -0.130. The van der Waals surface area contributed by atoms with Gasteiger partial charge in [0, 0.05) is 5.56 Å². The largest absolute Gasteiger partial charge is 0.493 e. The molecule has 1 aliphatic rings. The van der Waals surface area contributed by atoms with E-state index in [9.17, 15) is 4.79 Å². The maximum Gasteiger partial charge on any atom is 0.271 e. The molecule has 0 aliphatic carbocycles. The molecule has 0 saturated carbocycles. The summed E-state index contributed by atoms with van der Waals surface area (Å²) in [5.41, 5.74) is 5.59. The zero-order valence-corrected chi connectivity index (χ0v) is 23.4. The number of aliphatic imine (C=N–C) groups is 1. The summed E-state index contributed by atoms with van der Waals surface area (Å²) >= 11 is 1.35. The third kappa shape index (κ3) is 6.19. The third-order valence-electron chi connectivity index (χ3n) is 6.34. The molecule has 4 aromatic rings. The van der Waals surface area contributed by atoms with Crippen molar-refractivity contribution >= 4 is 40.3 Å². The minimum Gasteiger partial charge on any atom is -0.493 e. The minimum absolute atomic E-state index is 0.130. The number of benzene rings is 4. The molecule has 1 aliphatic heterocycles. The fraction of sp³-hybridized carbons (Fsp3) is 0.118. The summed E-state index contributed by atoms with van der Waals surface area (Å²) in [4.78, 5) is 20.7. The Labute approximate surface area is 239 Å². The van der Waals surface area contributed by atoms with Crippen LogP contribution < -0.4 is 14.4 Å². The summed E-state index contributed by atoms with van der Waals surface area (Å²) in [7, 11) is 1.62. The first-order valence-electron chi connectivity index (χ1n) is 13.0. The third-order valence-corrected chi connectivity index (χ3v) is 7.31. The van der Waals surface area contributed by atoms with Crippen LogP contribution in [-0.2, 0) is 17.8 Å². The molecule has 0 aromatic heterocycles. The summed E-state index contributed by atoms with van der Waals surface area (Å²) in [6.45, 7) is 6.41. The highest BCUT2D eigenvalue weighted by atomic mass is 32.2. The summed E-state index contributed by atoms with van der Waals surface area (Å²) in [6.07, 6.45) is 4.31. The van der Waals surface area contributed by atoms with E-state index in [4.69, 9.17) is 14.5 Å². The van der Waals surface area contributed by atoms with Crippen LogP contribution in [0.5, 0.6) is 11.5 Å². The number of para-hydroxylation sites is 2. The predicted molar refractivity (Wildman–Crippen MR) is 165 cm³/mol. The number of amidine groups is 1. The highest BCUT2D eigenvalue weighted by Gasteiger charge is 2.34. The number of rotatable bonds is 9. The number of nitrogens with zero attached hydrogens (tertiary/aromatic N) is 2. The number of hydrogen-bond acceptors (Lipinski definition) is 5. The van der Waals surface area contributed by atoms with Crippen LogP contribution in [0.15, 0.2) is 120 Å². The van der Waals surface area contributed by atoms with Crippen molar-refractivity contribution in [2.75, 3.05) is 12.0 Å². The van der Waals surface area contributed by atoms with Crippen LogP contribution in [0.3, 0.4) is 0 Å². The summed E-state index contributed by atoms with van der Waals surface area (Å²) < 4.78 is 12.0. The van der Waals surface area contributed by atoms with Crippen LogP contribution in [0.2, 0.25) is 0 Å². The molecule has 0 bridgehead atoms. The zero-order chi connectivity index (χ0) is 27.9. The van der Waals surface area contributed by atoms with Crippen molar-refractivity contribution in [3.05, 3.63) is 137 Å². The highest BCUT2D eigenvalue weighted by Crippen LogP contribution is 2.39. The van der Waals surface area contributed by atoms with E-state index in [0.29, 0.717) is 34.6 Å². The molecular weight excluding hydrogens is 516 g/mol. The second kappa shape index (κ2) is 12.5. The van der Waals surface area contributed by atoms with Gasteiger partial charge in [-0.05, 0) is 78.7 Å². The van der Waals surface area contributed by atoms with Crippen LogP contribution in [0.25, 0.3) is 6.08 Å². The van der Waals surface area contributed by atoms with Gasteiger partial charge in [0.05, 0.1) is 23.4 Å². The first kappa shape index (κ1) is 27.0. The van der Waals surface area contributed by atoms with E-state index in [0.717, 1.165) is 28.1 Å². The standard InChI is InChI=1S/C34H30N2O3S/c1-4-11-27-20-26(21-30(38-3)32(27)39-23-25-18-16-24(2)17-19-25)22-31-33(37)36(29-14-9-6-10-15-29)34(40-31)35-28-12-7-5-8-13-28/h4-10,12-22H,1,11,23H2,2-3H3/b31-22+,35-34?. The Morgan fingerprint density at radius 3 is 2.33 bits per heavy atom. The predicted octanol–water partition coefficient (Wildman–Crippen LogP) is 8.12. The SMILES string of the molecule is C=CCc1cc(/C=C2/SC(=Nc3ccccc3)N(c3ccccc3)C2=O)cc(OC)c1OCc1ccc(C)cc1. The lowest BCUT2D eigenvalue weighted by Gasteiger charge is -2.16. The molecule has 0 N–H and O–H groups in total. The van der Waals surface area contributed by atoms with E-state index >= 15 is 0 Å². The molecule has 40 heavy (non-hydrogen) atoms. The molecular formula is C34H30N2O3S. The number of ether oxygens (including phenoxy) is 2. The van der Waals surface area contributed by atoms with Crippen LogP contribution in [0.1, 0.15) is 22.3 Å². The smallest absolute Gasteiger partial charge is 0.271 e. The van der Waals surface area contributed by atoms with Gasteiger partial charge in [-0.1, -0.05) is 72.3 Å². The fourth-order valence-electron chi connectivity index (χ4n) is 4.35. The van der Waals surface area contributed by atoms with Gasteiger partial charge in [-0.3, -0.25) is 9.69 Å². The van der Waals surface area contributed by atoms with Crippen molar-refractivity contribution in [1.82, 2.24) is 0 Å². The van der Waals surface area contributed by atoms with Crippen molar-refractivity contribution in [2.45, 2.75) is 20.0 Å². The molecule has 5 rings (SSSR count). The Hall–Kier alpha value is -4.55. The van der Waals surface area contributed by atoms with Crippen LogP contribution >= 0.6 is 11.8 Å². The number of allylic oxidation sites excluding steroid dienone is 1. The van der Waals surface area contributed by atoms with Gasteiger partial charge >= 0.3 is 0 Å². The van der Waals surface area contributed by atoms with Crippen molar-refractivity contribution < 1.29 is 14.3 Å². The van der Waals surface area contributed by atoms with Gasteiger partial charge in [0.25, 0.3) is 5.91 Å². The topological polar surface area (TPSA) is 51.1 Å². The summed E-state index contributed by atoms with van der Waals surface area (Å²) in [6, 6.07) is 31.4. The fourth-order valence-corrected chi connectivity index (χ4v) is 5.35. The molecule has 5 nitrogen and oxygen atoms in total. The van der Waals surface area contributed by atoms with Crippen molar-refractivity contribution in [1.29, 1.82) is 0 Å². The van der Waals surface area contributed by atoms with Crippen molar-refractivity contribution in [3.63, 3.8) is 0 Å². The second-order valence-electron chi connectivity index (χ2n) is 9.30. The van der Waals surface area contributed by atoms with Crippen LogP contribution in [0, 0.1) is 6.92 Å². The number of amides is 1. The Bertz CT molecular complexity index is 1560. The molecule has 1 saturated heterocycles. The number of thioether (sulfide) groups is 1. The van der Waals surface area contributed by atoms with Gasteiger partial charge in [0.2, 0.25) is 0 Å². The highest BCUT2D eigenvalue weighted by molar-refractivity contribution is 8.19. The molecule has 1 fully saturated rings. The van der Waals surface area contributed by atoms with Crippen LogP contribution in [-0.4, -0.2) is 18.2 Å².